The number of fused-ring (bicyclic) bond motifs is 1. The van der Waals surface area contributed by atoms with Crippen molar-refractivity contribution >= 4 is 10.9 Å². The van der Waals surface area contributed by atoms with E-state index in [1.807, 2.05) is 12.3 Å². The number of rotatable bonds is 3. The smallest absolute Gasteiger partial charge is 0.0702 e. The zero-order valence-corrected chi connectivity index (χ0v) is 9.84. The number of nitrogens with zero attached hydrogens (tertiary/aromatic N) is 2. The summed E-state index contributed by atoms with van der Waals surface area (Å²) in [4.78, 5) is 6.77. The zero-order valence-electron chi connectivity index (χ0n) is 9.84. The third kappa shape index (κ3) is 2.16. The van der Waals surface area contributed by atoms with Crippen LogP contribution < -0.4 is 5.73 Å². The van der Waals surface area contributed by atoms with Crippen molar-refractivity contribution in [3.05, 3.63) is 42.1 Å². The Balaban J connectivity index is 1.73. The molecule has 1 fully saturated rings. The van der Waals surface area contributed by atoms with Gasteiger partial charge in [0.2, 0.25) is 0 Å². The van der Waals surface area contributed by atoms with Crippen molar-refractivity contribution in [2.75, 3.05) is 19.6 Å². The third-order valence-electron chi connectivity index (χ3n) is 3.44. The van der Waals surface area contributed by atoms with Gasteiger partial charge >= 0.3 is 0 Å². The molecular weight excluding hydrogens is 210 g/mol. The minimum Gasteiger partial charge on any atom is -0.330 e. The highest BCUT2D eigenvalue weighted by Crippen LogP contribution is 2.19. The van der Waals surface area contributed by atoms with E-state index in [0.29, 0.717) is 5.92 Å². The van der Waals surface area contributed by atoms with Crippen LogP contribution in [0.3, 0.4) is 0 Å². The van der Waals surface area contributed by atoms with Gasteiger partial charge in [0.25, 0.3) is 0 Å². The van der Waals surface area contributed by atoms with Crippen molar-refractivity contribution in [3.63, 3.8) is 0 Å². The first-order valence-electron chi connectivity index (χ1n) is 6.11. The van der Waals surface area contributed by atoms with Crippen LogP contribution in [0.25, 0.3) is 10.9 Å². The van der Waals surface area contributed by atoms with Gasteiger partial charge in [-0.05, 0) is 36.2 Å². The van der Waals surface area contributed by atoms with Gasteiger partial charge in [0.1, 0.15) is 0 Å². The van der Waals surface area contributed by atoms with Crippen LogP contribution in [0.4, 0.5) is 0 Å². The van der Waals surface area contributed by atoms with Gasteiger partial charge < -0.3 is 5.73 Å². The summed E-state index contributed by atoms with van der Waals surface area (Å²) in [5.74, 6) is 0.706. The van der Waals surface area contributed by atoms with Gasteiger partial charge in [-0.2, -0.15) is 0 Å². The largest absolute Gasteiger partial charge is 0.330 e. The number of likely N-dealkylation sites (tertiary alicyclic amines) is 1. The number of hydrogen-bond acceptors (Lipinski definition) is 3. The highest BCUT2D eigenvalue weighted by molar-refractivity contribution is 5.78. The van der Waals surface area contributed by atoms with Gasteiger partial charge in [0, 0.05) is 31.2 Å². The Bertz CT molecular complexity index is 518. The lowest BCUT2D eigenvalue weighted by molar-refractivity contribution is 0.0980. The molecule has 0 aliphatic carbocycles. The molecule has 0 atom stereocenters. The van der Waals surface area contributed by atoms with E-state index in [2.05, 4.69) is 34.1 Å². The van der Waals surface area contributed by atoms with E-state index in [1.165, 1.54) is 10.9 Å². The van der Waals surface area contributed by atoms with Gasteiger partial charge in [-0.15, -0.1) is 0 Å². The molecule has 0 saturated carbocycles. The molecule has 3 nitrogen and oxygen atoms in total. The van der Waals surface area contributed by atoms with Gasteiger partial charge in [-0.3, -0.25) is 9.88 Å². The average molecular weight is 227 g/mol. The Morgan fingerprint density at radius 3 is 3.00 bits per heavy atom. The Morgan fingerprint density at radius 1 is 1.29 bits per heavy atom. The molecule has 1 aromatic carbocycles. The van der Waals surface area contributed by atoms with E-state index in [9.17, 15) is 0 Å². The Morgan fingerprint density at radius 2 is 2.18 bits per heavy atom. The molecule has 1 saturated heterocycles. The molecule has 0 bridgehead atoms. The van der Waals surface area contributed by atoms with Crippen LogP contribution in [-0.2, 0) is 6.54 Å². The van der Waals surface area contributed by atoms with Crippen LogP contribution in [0.1, 0.15) is 5.56 Å². The van der Waals surface area contributed by atoms with Gasteiger partial charge in [-0.25, -0.2) is 0 Å². The first-order valence-corrected chi connectivity index (χ1v) is 6.11. The van der Waals surface area contributed by atoms with Crippen molar-refractivity contribution in [3.8, 4) is 0 Å². The minimum atomic E-state index is 0.706. The van der Waals surface area contributed by atoms with Gasteiger partial charge in [-0.1, -0.05) is 12.1 Å². The molecule has 2 heterocycles. The maximum atomic E-state index is 5.63. The Hall–Kier alpha value is -1.45. The van der Waals surface area contributed by atoms with Gasteiger partial charge in [0.15, 0.2) is 0 Å². The molecule has 17 heavy (non-hydrogen) atoms. The quantitative estimate of drug-likeness (QED) is 0.866. The van der Waals surface area contributed by atoms with Gasteiger partial charge in [0.05, 0.1) is 5.52 Å². The van der Waals surface area contributed by atoms with E-state index in [4.69, 9.17) is 5.73 Å². The number of benzene rings is 1. The number of nitrogens with two attached hydrogens (primary N) is 1. The molecule has 1 aromatic heterocycles. The third-order valence-corrected chi connectivity index (χ3v) is 3.44. The molecule has 1 aliphatic heterocycles. The zero-order chi connectivity index (χ0) is 11.7. The lowest BCUT2D eigenvalue weighted by Gasteiger charge is -2.38. The first-order chi connectivity index (χ1) is 8.35. The summed E-state index contributed by atoms with van der Waals surface area (Å²) in [5.41, 5.74) is 8.06. The highest BCUT2D eigenvalue weighted by Gasteiger charge is 2.24. The van der Waals surface area contributed by atoms with Crippen LogP contribution >= 0.6 is 0 Å². The van der Waals surface area contributed by atoms with E-state index in [-0.39, 0.29) is 0 Å². The predicted molar refractivity (Wildman–Crippen MR) is 69.6 cm³/mol. The lowest BCUT2D eigenvalue weighted by atomic mass is 9.99. The summed E-state index contributed by atoms with van der Waals surface area (Å²) in [6.45, 7) is 4.13. The van der Waals surface area contributed by atoms with Crippen LogP contribution in [-0.4, -0.2) is 29.5 Å². The summed E-state index contributed by atoms with van der Waals surface area (Å²) in [7, 11) is 0. The normalized spacial score (nSPS) is 17.2. The second kappa shape index (κ2) is 4.43. The monoisotopic (exact) mass is 227 g/mol. The number of hydrogen-bond donors (Lipinski definition) is 1. The molecule has 2 aromatic rings. The molecule has 88 valence electrons. The summed E-state index contributed by atoms with van der Waals surface area (Å²) in [5, 5.41) is 1.22. The molecule has 0 amide bonds. The van der Waals surface area contributed by atoms with Crippen molar-refractivity contribution < 1.29 is 0 Å². The van der Waals surface area contributed by atoms with Crippen LogP contribution in [0, 0.1) is 5.92 Å². The maximum Gasteiger partial charge on any atom is 0.0702 e. The first kappa shape index (κ1) is 10.7. The van der Waals surface area contributed by atoms with Crippen molar-refractivity contribution in [2.45, 2.75) is 6.54 Å². The summed E-state index contributed by atoms with van der Waals surface area (Å²) in [6, 6.07) is 10.6. The topological polar surface area (TPSA) is 42.1 Å². The fourth-order valence-corrected chi connectivity index (χ4v) is 2.44. The van der Waals surface area contributed by atoms with Crippen molar-refractivity contribution in [1.82, 2.24) is 9.88 Å². The maximum absolute atomic E-state index is 5.63. The highest BCUT2D eigenvalue weighted by atomic mass is 15.2. The van der Waals surface area contributed by atoms with Crippen molar-refractivity contribution in [1.29, 1.82) is 0 Å². The fraction of sp³-hybridized carbons (Fsp3) is 0.357. The minimum absolute atomic E-state index is 0.706. The predicted octanol–water partition coefficient (Wildman–Crippen LogP) is 1.63. The average Bonchev–Trinajstić information content (AvgIpc) is 2.33. The second-order valence-electron chi connectivity index (χ2n) is 4.83. The lowest BCUT2D eigenvalue weighted by Crippen LogP contribution is -2.49. The fourth-order valence-electron chi connectivity index (χ4n) is 2.44. The molecule has 2 N–H and O–H groups in total. The van der Waals surface area contributed by atoms with Crippen molar-refractivity contribution in [2.24, 2.45) is 11.7 Å². The van der Waals surface area contributed by atoms with Crippen LogP contribution in [0.5, 0.6) is 0 Å². The summed E-state index contributed by atoms with van der Waals surface area (Å²) in [6.07, 6.45) is 1.84. The van der Waals surface area contributed by atoms with E-state index < -0.39 is 0 Å². The standard InChI is InChI=1S/C14H17N3/c15-7-12-9-17(10-12)8-11-3-4-14-13(6-11)2-1-5-16-14/h1-6,12H,7-10,15H2. The summed E-state index contributed by atoms with van der Waals surface area (Å²) >= 11 is 0. The Kier molecular flexibility index (Phi) is 2.79. The Labute approximate surface area is 101 Å². The molecule has 0 radical (unpaired) electrons. The van der Waals surface area contributed by atoms with Crippen LogP contribution in [0.15, 0.2) is 36.5 Å². The molecule has 3 heteroatoms. The molecule has 0 spiro atoms. The van der Waals surface area contributed by atoms with E-state index in [1.54, 1.807) is 0 Å². The number of aromatic nitrogens is 1. The summed E-state index contributed by atoms with van der Waals surface area (Å²) < 4.78 is 0. The number of pyridine rings is 1. The molecule has 3 rings (SSSR count). The van der Waals surface area contributed by atoms with E-state index in [0.717, 1.165) is 31.7 Å². The molecular formula is C14H17N3. The second-order valence-corrected chi connectivity index (χ2v) is 4.83. The molecule has 1 aliphatic rings. The SMILES string of the molecule is NCC1CN(Cc2ccc3ncccc3c2)C1. The molecule has 0 unspecified atom stereocenters. The van der Waals surface area contributed by atoms with E-state index >= 15 is 0 Å². The van der Waals surface area contributed by atoms with Crippen LogP contribution in [0.2, 0.25) is 0 Å².